The van der Waals surface area contributed by atoms with Gasteiger partial charge in [-0.3, -0.25) is 14.7 Å². The lowest BCUT2D eigenvalue weighted by Crippen LogP contribution is -2.60. The summed E-state index contributed by atoms with van der Waals surface area (Å²) >= 11 is 0. The average molecular weight is 362 g/mol. The van der Waals surface area contributed by atoms with E-state index < -0.39 is 0 Å². The first-order valence-electron chi connectivity index (χ1n) is 10.0. The Labute approximate surface area is 160 Å². The molecule has 5 heterocycles. The normalized spacial score (nSPS) is 31.8. The van der Waals surface area contributed by atoms with Crippen LogP contribution in [0.15, 0.2) is 36.7 Å². The van der Waals surface area contributed by atoms with E-state index in [4.69, 9.17) is 0 Å². The van der Waals surface area contributed by atoms with Gasteiger partial charge in [0, 0.05) is 24.7 Å². The molecule has 4 aliphatic rings. The summed E-state index contributed by atoms with van der Waals surface area (Å²) < 4.78 is 0. The van der Waals surface area contributed by atoms with Gasteiger partial charge in [-0.2, -0.15) is 0 Å². The Kier molecular flexibility index (Phi) is 4.01. The number of amides is 1. The number of piperidine rings is 3. The van der Waals surface area contributed by atoms with E-state index in [0.717, 1.165) is 12.2 Å². The van der Waals surface area contributed by atoms with Gasteiger partial charge >= 0.3 is 0 Å². The number of rotatable bonds is 2. The van der Waals surface area contributed by atoms with Crippen molar-refractivity contribution in [2.75, 3.05) is 19.6 Å². The Morgan fingerprint density at radius 2 is 1.74 bits per heavy atom. The molecule has 4 saturated heterocycles. The van der Waals surface area contributed by atoms with Crippen LogP contribution in [0.1, 0.15) is 46.1 Å². The third-order valence-corrected chi connectivity index (χ3v) is 6.76. The fraction of sp³-hybridized carbons (Fsp3) is 0.500. The zero-order chi connectivity index (χ0) is 18.5. The molecule has 3 atom stereocenters. The number of likely N-dealkylation sites (tertiary alicyclic amines) is 1. The Morgan fingerprint density at radius 3 is 2.41 bits per heavy atom. The van der Waals surface area contributed by atoms with E-state index in [0.29, 0.717) is 29.6 Å². The molecular weight excluding hydrogens is 336 g/mol. The van der Waals surface area contributed by atoms with Gasteiger partial charge in [-0.05, 0) is 51.3 Å². The lowest BCUT2D eigenvalue weighted by molar-refractivity contribution is -0.00359. The molecule has 5 nitrogen and oxygen atoms in total. The van der Waals surface area contributed by atoms with Gasteiger partial charge in [-0.25, -0.2) is 4.98 Å². The van der Waals surface area contributed by atoms with Gasteiger partial charge in [-0.15, -0.1) is 0 Å². The van der Waals surface area contributed by atoms with Crippen LogP contribution in [0.5, 0.6) is 0 Å². The first kappa shape index (κ1) is 16.9. The van der Waals surface area contributed by atoms with E-state index in [1.165, 1.54) is 37.1 Å². The smallest absolute Gasteiger partial charge is 0.274 e. The molecule has 1 aromatic carbocycles. The SMILES string of the molecule is Cc1ccc([C@H]2CN(C(=O)c3cnc(C)cn3)[C@@H]3C4CCN(CC4)[C@H]23)cc1. The minimum Gasteiger partial charge on any atom is -0.332 e. The lowest BCUT2D eigenvalue weighted by Gasteiger charge is -2.51. The zero-order valence-electron chi connectivity index (χ0n) is 16.0. The molecule has 0 N–H and O–H groups in total. The van der Waals surface area contributed by atoms with Crippen LogP contribution < -0.4 is 0 Å². The molecule has 5 heteroatoms. The first-order valence-corrected chi connectivity index (χ1v) is 10.0. The Hall–Kier alpha value is -2.27. The number of benzene rings is 1. The van der Waals surface area contributed by atoms with Crippen molar-refractivity contribution in [1.29, 1.82) is 0 Å². The van der Waals surface area contributed by atoms with Gasteiger partial charge in [0.05, 0.1) is 17.9 Å². The second-order valence-corrected chi connectivity index (χ2v) is 8.37. The quantitative estimate of drug-likeness (QED) is 0.824. The first-order chi connectivity index (χ1) is 13.1. The van der Waals surface area contributed by atoms with Gasteiger partial charge in [0.1, 0.15) is 5.69 Å². The fourth-order valence-electron chi connectivity index (χ4n) is 5.41. The molecule has 4 fully saturated rings. The van der Waals surface area contributed by atoms with E-state index in [1.54, 1.807) is 12.4 Å². The van der Waals surface area contributed by atoms with Crippen LogP contribution in [-0.2, 0) is 0 Å². The maximum absolute atomic E-state index is 13.3. The number of aromatic nitrogens is 2. The number of carbonyl (C=O) groups excluding carboxylic acids is 1. The molecular formula is C22H26N4O. The molecule has 140 valence electrons. The number of fused-ring (bicyclic) bond motifs is 2. The van der Waals surface area contributed by atoms with E-state index in [1.807, 2.05) is 6.92 Å². The van der Waals surface area contributed by atoms with E-state index in [2.05, 4.69) is 51.0 Å². The second kappa shape index (κ2) is 6.41. The summed E-state index contributed by atoms with van der Waals surface area (Å²) in [5, 5.41) is 0. The van der Waals surface area contributed by atoms with Crippen LogP contribution in [0.25, 0.3) is 0 Å². The number of hydrogen-bond acceptors (Lipinski definition) is 4. The van der Waals surface area contributed by atoms with Crippen LogP contribution >= 0.6 is 0 Å². The highest BCUT2D eigenvalue weighted by Crippen LogP contribution is 2.46. The number of aryl methyl sites for hydroxylation is 2. The summed E-state index contributed by atoms with van der Waals surface area (Å²) in [6, 6.07) is 9.62. The number of carbonyl (C=O) groups is 1. The second-order valence-electron chi connectivity index (χ2n) is 8.37. The van der Waals surface area contributed by atoms with Crippen molar-refractivity contribution in [1.82, 2.24) is 19.8 Å². The summed E-state index contributed by atoms with van der Waals surface area (Å²) in [4.78, 5) is 26.7. The van der Waals surface area contributed by atoms with Crippen molar-refractivity contribution in [3.63, 3.8) is 0 Å². The molecule has 0 radical (unpaired) electrons. The largest absolute Gasteiger partial charge is 0.332 e. The van der Waals surface area contributed by atoms with Gasteiger partial charge in [0.2, 0.25) is 0 Å². The lowest BCUT2D eigenvalue weighted by atomic mass is 9.75. The molecule has 1 aromatic heterocycles. The summed E-state index contributed by atoms with van der Waals surface area (Å²) in [5.74, 6) is 1.03. The number of hydrogen-bond donors (Lipinski definition) is 0. The average Bonchev–Trinajstić information content (AvgIpc) is 3.12. The predicted molar refractivity (Wildman–Crippen MR) is 104 cm³/mol. The Bertz CT molecular complexity index is 840. The number of nitrogens with zero attached hydrogens (tertiary/aromatic N) is 4. The van der Waals surface area contributed by atoms with Crippen molar-refractivity contribution >= 4 is 5.91 Å². The van der Waals surface area contributed by atoms with E-state index in [9.17, 15) is 4.79 Å². The van der Waals surface area contributed by atoms with Gasteiger partial charge in [-0.1, -0.05) is 29.8 Å². The minimum atomic E-state index is 0.0425. The summed E-state index contributed by atoms with van der Waals surface area (Å²) in [6.45, 7) is 7.13. The summed E-state index contributed by atoms with van der Waals surface area (Å²) in [7, 11) is 0. The van der Waals surface area contributed by atoms with Crippen molar-refractivity contribution in [2.24, 2.45) is 5.92 Å². The molecule has 0 aliphatic carbocycles. The van der Waals surface area contributed by atoms with Crippen molar-refractivity contribution in [3.8, 4) is 0 Å². The maximum atomic E-state index is 13.3. The molecule has 1 amide bonds. The third-order valence-electron chi connectivity index (χ3n) is 6.76. The van der Waals surface area contributed by atoms with Crippen molar-refractivity contribution < 1.29 is 4.79 Å². The van der Waals surface area contributed by atoms with Crippen LogP contribution in [0, 0.1) is 19.8 Å². The van der Waals surface area contributed by atoms with E-state index in [-0.39, 0.29) is 5.91 Å². The molecule has 2 bridgehead atoms. The topological polar surface area (TPSA) is 49.3 Å². The van der Waals surface area contributed by atoms with Gasteiger partial charge in [0.25, 0.3) is 5.91 Å². The Morgan fingerprint density at radius 1 is 1.00 bits per heavy atom. The summed E-state index contributed by atoms with van der Waals surface area (Å²) in [5.41, 5.74) is 3.95. The molecule has 27 heavy (non-hydrogen) atoms. The minimum absolute atomic E-state index is 0.0425. The standard InChI is InChI=1S/C22H26N4O/c1-14-3-5-16(6-4-14)18-13-26(22(27)19-12-23-15(2)11-24-19)20-17-7-9-25(10-8-17)21(18)20/h3-6,11-12,17-18,20-21H,7-10,13H2,1-2H3/t18-,20-,21-/m1/s1. The molecule has 6 rings (SSSR count). The van der Waals surface area contributed by atoms with Crippen LogP contribution in [0.3, 0.4) is 0 Å². The van der Waals surface area contributed by atoms with Crippen molar-refractivity contribution in [3.05, 3.63) is 59.2 Å². The molecule has 0 saturated carbocycles. The van der Waals surface area contributed by atoms with Gasteiger partial charge in [0.15, 0.2) is 0 Å². The molecule has 0 spiro atoms. The summed E-state index contributed by atoms with van der Waals surface area (Å²) in [6.07, 6.45) is 5.72. The molecule has 4 aliphatic heterocycles. The van der Waals surface area contributed by atoms with Gasteiger partial charge < -0.3 is 4.90 Å². The highest BCUT2D eigenvalue weighted by Gasteiger charge is 2.54. The Balaban J connectivity index is 1.51. The van der Waals surface area contributed by atoms with Crippen LogP contribution in [0.2, 0.25) is 0 Å². The van der Waals surface area contributed by atoms with Crippen LogP contribution in [0.4, 0.5) is 0 Å². The van der Waals surface area contributed by atoms with Crippen molar-refractivity contribution in [2.45, 2.75) is 44.7 Å². The molecule has 2 aromatic rings. The monoisotopic (exact) mass is 362 g/mol. The zero-order valence-corrected chi connectivity index (χ0v) is 16.0. The third kappa shape index (κ3) is 2.76. The molecule has 0 unspecified atom stereocenters. The maximum Gasteiger partial charge on any atom is 0.274 e. The fourth-order valence-corrected chi connectivity index (χ4v) is 5.41. The predicted octanol–water partition coefficient (Wildman–Crippen LogP) is 2.80. The van der Waals surface area contributed by atoms with Crippen LogP contribution in [-0.4, -0.2) is 57.4 Å². The highest BCUT2D eigenvalue weighted by molar-refractivity contribution is 5.92. The highest BCUT2D eigenvalue weighted by atomic mass is 16.2. The van der Waals surface area contributed by atoms with E-state index >= 15 is 0 Å².